The number of hydrogen-bond donors (Lipinski definition) is 1. The molecule has 5 heteroatoms. The lowest BCUT2D eigenvalue weighted by Crippen LogP contribution is -2.30. The van der Waals surface area contributed by atoms with Crippen LogP contribution in [-0.4, -0.2) is 18.0 Å². The maximum absolute atomic E-state index is 12.8. The first-order valence-electron chi connectivity index (χ1n) is 8.18. The van der Waals surface area contributed by atoms with Crippen LogP contribution in [0.4, 0.5) is 10.1 Å². The minimum Gasteiger partial charge on any atom is -0.453 e. The van der Waals surface area contributed by atoms with Crippen molar-refractivity contribution in [3.63, 3.8) is 0 Å². The molecule has 4 nitrogen and oxygen atoms in total. The summed E-state index contributed by atoms with van der Waals surface area (Å²) < 4.78 is 18.0. The molecule has 1 atom stereocenters. The number of nitrogens with one attached hydrogen (secondary N) is 1. The van der Waals surface area contributed by atoms with Crippen molar-refractivity contribution in [2.45, 2.75) is 39.7 Å². The van der Waals surface area contributed by atoms with Crippen molar-refractivity contribution in [3.8, 4) is 0 Å². The van der Waals surface area contributed by atoms with Crippen LogP contribution in [0.25, 0.3) is 0 Å². The molecular weight excluding hydrogens is 321 g/mol. The number of carbonyl (C=O) groups is 2. The van der Waals surface area contributed by atoms with Crippen molar-refractivity contribution in [3.05, 3.63) is 65.0 Å². The zero-order chi connectivity index (χ0) is 18.4. The Morgan fingerprint density at radius 1 is 1.08 bits per heavy atom. The molecule has 132 valence electrons. The third-order valence-corrected chi connectivity index (χ3v) is 3.94. The standard InChI is InChI=1S/C20H22FNO3/c1-13-5-4-6-14(2)19(13)22-20(24)15(3)25-18(23)12-9-16-7-10-17(21)11-8-16/h4-8,10-11,15H,9,12H2,1-3H3,(H,22,24)/t15-/m1/s1. The topological polar surface area (TPSA) is 55.4 Å². The number of benzene rings is 2. The zero-order valence-corrected chi connectivity index (χ0v) is 14.6. The molecule has 0 aliphatic heterocycles. The number of halogens is 1. The van der Waals surface area contributed by atoms with Crippen LogP contribution in [0, 0.1) is 19.7 Å². The summed E-state index contributed by atoms with van der Waals surface area (Å²) in [6.45, 7) is 5.35. The highest BCUT2D eigenvalue weighted by atomic mass is 19.1. The Bertz CT molecular complexity index is 736. The minimum absolute atomic E-state index is 0.132. The van der Waals surface area contributed by atoms with Gasteiger partial charge in [0.1, 0.15) is 5.82 Å². The molecule has 0 radical (unpaired) electrons. The SMILES string of the molecule is Cc1cccc(C)c1NC(=O)[C@@H](C)OC(=O)CCc1ccc(F)cc1. The maximum Gasteiger partial charge on any atom is 0.306 e. The lowest BCUT2D eigenvalue weighted by molar-refractivity contribution is -0.153. The van der Waals surface area contributed by atoms with Crippen LogP contribution in [0.1, 0.15) is 30.0 Å². The number of amides is 1. The monoisotopic (exact) mass is 343 g/mol. The van der Waals surface area contributed by atoms with Crippen molar-refractivity contribution in [2.75, 3.05) is 5.32 Å². The lowest BCUT2D eigenvalue weighted by atomic mass is 10.1. The van der Waals surface area contributed by atoms with Crippen LogP contribution in [0.2, 0.25) is 0 Å². The van der Waals surface area contributed by atoms with Gasteiger partial charge >= 0.3 is 5.97 Å². The van der Waals surface area contributed by atoms with Crippen molar-refractivity contribution in [1.29, 1.82) is 0 Å². The van der Waals surface area contributed by atoms with E-state index in [0.29, 0.717) is 6.42 Å². The molecule has 25 heavy (non-hydrogen) atoms. The highest BCUT2D eigenvalue weighted by molar-refractivity contribution is 5.96. The summed E-state index contributed by atoms with van der Waals surface area (Å²) in [5, 5.41) is 2.81. The Labute approximate surface area is 147 Å². The normalized spacial score (nSPS) is 11.7. The predicted octanol–water partition coefficient (Wildman–Crippen LogP) is 3.95. The van der Waals surface area contributed by atoms with E-state index in [1.807, 2.05) is 32.0 Å². The number of ether oxygens (including phenoxy) is 1. The average molecular weight is 343 g/mol. The van der Waals surface area contributed by atoms with Gasteiger partial charge in [0.2, 0.25) is 0 Å². The number of anilines is 1. The highest BCUT2D eigenvalue weighted by Crippen LogP contribution is 2.19. The van der Waals surface area contributed by atoms with Gasteiger partial charge in [0.15, 0.2) is 6.10 Å². The van der Waals surface area contributed by atoms with E-state index in [1.54, 1.807) is 19.1 Å². The lowest BCUT2D eigenvalue weighted by Gasteiger charge is -2.16. The number of aryl methyl sites for hydroxylation is 3. The molecule has 2 aromatic rings. The Hall–Kier alpha value is -2.69. The summed E-state index contributed by atoms with van der Waals surface area (Å²) in [7, 11) is 0. The van der Waals surface area contributed by atoms with Crippen LogP contribution >= 0.6 is 0 Å². The summed E-state index contributed by atoms with van der Waals surface area (Å²) in [6.07, 6.45) is -0.323. The summed E-state index contributed by atoms with van der Waals surface area (Å²) in [4.78, 5) is 24.1. The van der Waals surface area contributed by atoms with Gasteiger partial charge in [-0.1, -0.05) is 30.3 Å². The van der Waals surface area contributed by atoms with E-state index in [9.17, 15) is 14.0 Å². The van der Waals surface area contributed by atoms with E-state index in [4.69, 9.17) is 4.74 Å². The van der Waals surface area contributed by atoms with Gasteiger partial charge in [-0.25, -0.2) is 4.39 Å². The van der Waals surface area contributed by atoms with Gasteiger partial charge in [-0.15, -0.1) is 0 Å². The van der Waals surface area contributed by atoms with Crippen molar-refractivity contribution >= 4 is 17.6 Å². The van der Waals surface area contributed by atoms with Crippen LogP contribution in [0.15, 0.2) is 42.5 Å². The summed E-state index contributed by atoms with van der Waals surface area (Å²) in [5.41, 5.74) is 3.47. The molecular formula is C20H22FNO3. The molecule has 0 aromatic heterocycles. The van der Waals surface area contributed by atoms with E-state index >= 15 is 0 Å². The molecule has 2 rings (SSSR count). The molecule has 0 spiro atoms. The van der Waals surface area contributed by atoms with Gasteiger partial charge in [-0.3, -0.25) is 9.59 Å². The third-order valence-electron chi connectivity index (χ3n) is 3.94. The first kappa shape index (κ1) is 18.6. The molecule has 0 saturated heterocycles. The summed E-state index contributed by atoms with van der Waals surface area (Å²) in [5.74, 6) is -1.15. The Morgan fingerprint density at radius 3 is 2.28 bits per heavy atom. The summed E-state index contributed by atoms with van der Waals surface area (Å²) in [6, 6.07) is 11.7. The maximum atomic E-state index is 12.8. The molecule has 1 amide bonds. The molecule has 0 aliphatic rings. The fourth-order valence-corrected chi connectivity index (χ4v) is 2.44. The number of carbonyl (C=O) groups excluding carboxylic acids is 2. The van der Waals surface area contributed by atoms with Gasteiger partial charge in [0.05, 0.1) is 0 Å². The second kappa shape index (κ2) is 8.42. The predicted molar refractivity (Wildman–Crippen MR) is 94.8 cm³/mol. The Balaban J connectivity index is 1.85. The third kappa shape index (κ3) is 5.41. The minimum atomic E-state index is -0.889. The van der Waals surface area contributed by atoms with E-state index in [2.05, 4.69) is 5.32 Å². The summed E-state index contributed by atoms with van der Waals surface area (Å²) >= 11 is 0. The van der Waals surface area contributed by atoms with Crippen molar-refractivity contribution in [1.82, 2.24) is 0 Å². The van der Waals surface area contributed by atoms with Gasteiger partial charge in [0, 0.05) is 12.1 Å². The molecule has 1 N–H and O–H groups in total. The number of hydrogen-bond acceptors (Lipinski definition) is 3. The molecule has 2 aromatic carbocycles. The van der Waals surface area contributed by atoms with E-state index < -0.39 is 12.1 Å². The van der Waals surface area contributed by atoms with E-state index in [-0.39, 0.29) is 18.1 Å². The van der Waals surface area contributed by atoms with Gasteiger partial charge in [-0.2, -0.15) is 0 Å². The average Bonchev–Trinajstić information content (AvgIpc) is 2.57. The fourth-order valence-electron chi connectivity index (χ4n) is 2.44. The number of esters is 1. The van der Waals surface area contributed by atoms with Gasteiger partial charge < -0.3 is 10.1 Å². The zero-order valence-electron chi connectivity index (χ0n) is 14.6. The first-order valence-corrected chi connectivity index (χ1v) is 8.18. The van der Waals surface area contributed by atoms with E-state index in [0.717, 1.165) is 22.4 Å². The van der Waals surface area contributed by atoms with E-state index in [1.165, 1.54) is 12.1 Å². The van der Waals surface area contributed by atoms with Crippen molar-refractivity contribution < 1.29 is 18.7 Å². The van der Waals surface area contributed by atoms with Crippen LogP contribution < -0.4 is 5.32 Å². The Kier molecular flexibility index (Phi) is 6.28. The quantitative estimate of drug-likeness (QED) is 0.808. The van der Waals surface area contributed by atoms with Crippen molar-refractivity contribution in [2.24, 2.45) is 0 Å². The first-order chi connectivity index (χ1) is 11.9. The highest BCUT2D eigenvalue weighted by Gasteiger charge is 2.19. The molecule has 0 unspecified atom stereocenters. The van der Waals surface area contributed by atoms with Crippen LogP contribution in [-0.2, 0) is 20.7 Å². The second-order valence-corrected chi connectivity index (χ2v) is 6.01. The van der Waals surface area contributed by atoms with Gasteiger partial charge in [0.25, 0.3) is 5.91 Å². The largest absolute Gasteiger partial charge is 0.453 e. The van der Waals surface area contributed by atoms with Gasteiger partial charge in [-0.05, 0) is 56.0 Å². The van der Waals surface area contributed by atoms with Crippen LogP contribution in [0.3, 0.4) is 0 Å². The number of rotatable bonds is 6. The molecule has 0 bridgehead atoms. The molecule has 0 saturated carbocycles. The second-order valence-electron chi connectivity index (χ2n) is 6.01. The smallest absolute Gasteiger partial charge is 0.306 e. The number of para-hydroxylation sites is 1. The Morgan fingerprint density at radius 2 is 1.68 bits per heavy atom. The molecule has 0 heterocycles. The van der Waals surface area contributed by atoms with Crippen LogP contribution in [0.5, 0.6) is 0 Å². The fraction of sp³-hybridized carbons (Fsp3) is 0.300. The molecule has 0 fully saturated rings. The molecule has 0 aliphatic carbocycles.